The molecular weight excluding hydrogens is 158 g/mol. The Labute approximate surface area is 68.5 Å². The average molecular weight is 165 g/mol. The molecule has 3 N–H and O–H groups in total. The molecule has 2 rings (SSSR count). The van der Waals surface area contributed by atoms with E-state index in [-0.39, 0.29) is 5.91 Å². The summed E-state index contributed by atoms with van der Waals surface area (Å²) in [6, 6.07) is -0.924. The minimum absolute atomic E-state index is 0.325. The van der Waals surface area contributed by atoms with E-state index < -0.39 is 12.1 Å². The lowest BCUT2D eigenvalue weighted by Crippen LogP contribution is -2.58. The molecule has 12 heavy (non-hydrogen) atoms. The maximum absolute atomic E-state index is 11.1. The number of carbonyl (C=O) groups excluding carboxylic acids is 2. The zero-order valence-corrected chi connectivity index (χ0v) is 6.13. The fourth-order valence-electron chi connectivity index (χ4n) is 1.17. The minimum Gasteiger partial charge on any atom is -0.375 e. The zero-order chi connectivity index (χ0) is 8.55. The molecule has 0 aliphatic carbocycles. The normalized spacial score (nSPS) is 26.3. The number of urea groups is 1. The number of fused-ring (bicyclic) bond motifs is 1. The highest BCUT2D eigenvalue weighted by Crippen LogP contribution is 2.07. The van der Waals surface area contributed by atoms with Gasteiger partial charge in [-0.25, -0.2) is 4.79 Å². The maximum atomic E-state index is 11.1. The van der Waals surface area contributed by atoms with E-state index in [2.05, 4.69) is 16.0 Å². The summed E-state index contributed by atoms with van der Waals surface area (Å²) < 4.78 is 0. The number of carbonyl (C=O) groups is 2. The quantitative estimate of drug-likeness (QED) is 0.440. The van der Waals surface area contributed by atoms with Gasteiger partial charge < -0.3 is 10.6 Å². The van der Waals surface area contributed by atoms with E-state index in [4.69, 9.17) is 0 Å². The van der Waals surface area contributed by atoms with Crippen LogP contribution in [0.4, 0.5) is 4.79 Å². The van der Waals surface area contributed by atoms with Crippen molar-refractivity contribution < 1.29 is 9.59 Å². The van der Waals surface area contributed by atoms with Crippen LogP contribution in [0.2, 0.25) is 0 Å². The lowest BCUT2D eigenvalue weighted by atomic mass is 10.1. The lowest BCUT2D eigenvalue weighted by molar-refractivity contribution is -0.121. The molecule has 1 saturated heterocycles. The molecule has 1 fully saturated rings. The smallest absolute Gasteiger partial charge is 0.325 e. The van der Waals surface area contributed by atoms with Gasteiger partial charge >= 0.3 is 6.03 Å². The van der Waals surface area contributed by atoms with Gasteiger partial charge in [-0.05, 0) is 18.4 Å². The van der Waals surface area contributed by atoms with Crippen molar-refractivity contribution in [3.8, 4) is 0 Å². The Kier molecular flexibility index (Phi) is 1.36. The number of hydrogen-bond donors (Lipinski definition) is 3. The highest BCUT2D eigenvalue weighted by molar-refractivity contribution is 6.02. The summed E-state index contributed by atoms with van der Waals surface area (Å²) in [6.07, 6.45) is 5.08. The summed E-state index contributed by atoms with van der Waals surface area (Å²) >= 11 is 0. The van der Waals surface area contributed by atoms with E-state index in [1.807, 2.05) is 0 Å². The molecule has 5 heteroatoms. The van der Waals surface area contributed by atoms with Crippen LogP contribution >= 0.6 is 0 Å². The van der Waals surface area contributed by atoms with Crippen molar-refractivity contribution in [1.29, 1.82) is 0 Å². The van der Waals surface area contributed by atoms with Gasteiger partial charge in [0.15, 0.2) is 0 Å². The van der Waals surface area contributed by atoms with Gasteiger partial charge in [0.1, 0.15) is 6.04 Å². The topological polar surface area (TPSA) is 70.2 Å². The van der Waals surface area contributed by atoms with Crippen LogP contribution in [0, 0.1) is 0 Å². The van der Waals surface area contributed by atoms with Gasteiger partial charge in [-0.15, -0.1) is 0 Å². The van der Waals surface area contributed by atoms with E-state index in [1.165, 1.54) is 0 Å². The van der Waals surface area contributed by atoms with Crippen molar-refractivity contribution in [2.75, 3.05) is 0 Å². The third-order valence-electron chi connectivity index (χ3n) is 1.70. The molecule has 2 aliphatic heterocycles. The van der Waals surface area contributed by atoms with Crippen LogP contribution in [0.5, 0.6) is 0 Å². The van der Waals surface area contributed by atoms with E-state index >= 15 is 0 Å². The van der Waals surface area contributed by atoms with Gasteiger partial charge in [-0.2, -0.15) is 0 Å². The third kappa shape index (κ3) is 0.952. The largest absolute Gasteiger partial charge is 0.375 e. The van der Waals surface area contributed by atoms with Gasteiger partial charge in [0.2, 0.25) is 0 Å². The van der Waals surface area contributed by atoms with E-state index in [1.54, 1.807) is 18.4 Å². The lowest BCUT2D eigenvalue weighted by Gasteiger charge is -2.26. The Morgan fingerprint density at radius 3 is 2.92 bits per heavy atom. The Morgan fingerprint density at radius 2 is 2.08 bits per heavy atom. The van der Waals surface area contributed by atoms with E-state index in [9.17, 15) is 9.59 Å². The predicted octanol–water partition coefficient (Wildman–Crippen LogP) is -0.805. The zero-order valence-electron chi connectivity index (χ0n) is 6.13. The molecule has 0 aromatic heterocycles. The third-order valence-corrected chi connectivity index (χ3v) is 1.70. The molecule has 2 aliphatic rings. The van der Waals surface area contributed by atoms with Crippen LogP contribution in [-0.2, 0) is 4.79 Å². The summed E-state index contributed by atoms with van der Waals surface area (Å²) in [5, 5.41) is 7.49. The van der Waals surface area contributed by atoms with E-state index in [0.717, 1.165) is 0 Å². The molecule has 0 aromatic rings. The molecule has 5 nitrogen and oxygen atoms in total. The maximum Gasteiger partial charge on any atom is 0.325 e. The molecule has 3 amide bonds. The Balaban J connectivity index is 2.30. The predicted molar refractivity (Wildman–Crippen MR) is 40.8 cm³/mol. The fourth-order valence-corrected chi connectivity index (χ4v) is 1.17. The molecule has 62 valence electrons. The van der Waals surface area contributed by atoms with Gasteiger partial charge in [0.05, 0.1) is 5.70 Å². The van der Waals surface area contributed by atoms with Gasteiger partial charge in [-0.1, -0.05) is 0 Å². The number of dihydropyridines is 1. The van der Waals surface area contributed by atoms with Crippen LogP contribution in [0.3, 0.4) is 0 Å². The van der Waals surface area contributed by atoms with Crippen molar-refractivity contribution in [3.63, 3.8) is 0 Å². The number of hydrogen-bond acceptors (Lipinski definition) is 3. The molecule has 2 heterocycles. The fraction of sp³-hybridized carbons (Fsp3) is 0.143. The van der Waals surface area contributed by atoms with Crippen molar-refractivity contribution >= 4 is 11.9 Å². The average Bonchev–Trinajstić information content (AvgIpc) is 2.04. The number of amides is 3. The molecule has 0 spiro atoms. The summed E-state index contributed by atoms with van der Waals surface area (Å²) in [5.74, 6) is -0.325. The van der Waals surface area contributed by atoms with Gasteiger partial charge in [0, 0.05) is 0 Å². The summed E-state index contributed by atoms with van der Waals surface area (Å²) in [4.78, 5) is 21.9. The molecule has 1 unspecified atom stereocenters. The van der Waals surface area contributed by atoms with Crippen LogP contribution in [-0.4, -0.2) is 18.0 Å². The van der Waals surface area contributed by atoms with Crippen LogP contribution in [0.25, 0.3) is 0 Å². The first-order valence-corrected chi connectivity index (χ1v) is 3.52. The second-order valence-electron chi connectivity index (χ2n) is 2.52. The van der Waals surface area contributed by atoms with Crippen molar-refractivity contribution in [2.45, 2.75) is 6.04 Å². The van der Waals surface area contributed by atoms with Crippen molar-refractivity contribution in [1.82, 2.24) is 16.0 Å². The van der Waals surface area contributed by atoms with Crippen LogP contribution in [0.15, 0.2) is 24.0 Å². The SMILES string of the molecule is O=C1NC(=O)C2NC=CC=C2N1. The molecule has 0 radical (unpaired) electrons. The molecular formula is C7H7N3O2. The monoisotopic (exact) mass is 165 g/mol. The summed E-state index contributed by atoms with van der Waals surface area (Å²) in [5.41, 5.74) is 0.589. The Morgan fingerprint density at radius 1 is 1.25 bits per heavy atom. The first-order chi connectivity index (χ1) is 5.77. The number of nitrogens with one attached hydrogen (secondary N) is 3. The standard InChI is InChI=1S/C7H7N3O2/c11-6-5-4(2-1-3-8-5)9-7(12)10-6/h1-3,5,8H,(H2,9,10,11,12). The van der Waals surface area contributed by atoms with Crippen molar-refractivity contribution in [3.05, 3.63) is 24.0 Å². The molecule has 0 bridgehead atoms. The second-order valence-corrected chi connectivity index (χ2v) is 2.52. The Bertz CT molecular complexity index is 306. The van der Waals surface area contributed by atoms with E-state index in [0.29, 0.717) is 5.70 Å². The first-order valence-electron chi connectivity index (χ1n) is 3.52. The van der Waals surface area contributed by atoms with Gasteiger partial charge in [0.25, 0.3) is 5.91 Å². The number of allylic oxidation sites excluding steroid dienone is 2. The highest BCUT2D eigenvalue weighted by atomic mass is 16.2. The molecule has 0 saturated carbocycles. The molecule has 0 aromatic carbocycles. The van der Waals surface area contributed by atoms with Crippen LogP contribution < -0.4 is 16.0 Å². The van der Waals surface area contributed by atoms with Crippen molar-refractivity contribution in [2.24, 2.45) is 0 Å². The highest BCUT2D eigenvalue weighted by Gasteiger charge is 2.30. The number of rotatable bonds is 0. The second kappa shape index (κ2) is 2.37. The van der Waals surface area contributed by atoms with Gasteiger partial charge in [-0.3, -0.25) is 10.1 Å². The Hall–Kier alpha value is -1.78. The molecule has 1 atom stereocenters. The number of imide groups is 1. The summed E-state index contributed by atoms with van der Waals surface area (Å²) in [6.45, 7) is 0. The summed E-state index contributed by atoms with van der Waals surface area (Å²) in [7, 11) is 0. The van der Waals surface area contributed by atoms with Crippen LogP contribution in [0.1, 0.15) is 0 Å². The minimum atomic E-state index is -0.473. The first kappa shape index (κ1) is 6.90.